The third kappa shape index (κ3) is 3.39. The van der Waals surface area contributed by atoms with E-state index >= 15 is 0 Å². The second kappa shape index (κ2) is 6.14. The molecule has 3 heteroatoms. The highest BCUT2D eigenvalue weighted by molar-refractivity contribution is 8.15. The number of rotatable bonds is 4. The highest BCUT2D eigenvalue weighted by Gasteiger charge is 2.16. The lowest BCUT2D eigenvalue weighted by Crippen LogP contribution is -2.11. The highest BCUT2D eigenvalue weighted by atomic mass is 32.2. The molecular weight excluding hydrogens is 212 g/mol. The van der Waals surface area contributed by atoms with E-state index in [1.165, 1.54) is 16.7 Å². The first-order valence-corrected chi connectivity index (χ1v) is 6.68. The fourth-order valence-electron chi connectivity index (χ4n) is 1.09. The van der Waals surface area contributed by atoms with Crippen molar-refractivity contribution in [3.05, 3.63) is 30.3 Å². The van der Waals surface area contributed by atoms with Crippen LogP contribution in [0.15, 0.2) is 35.2 Å². The highest BCUT2D eigenvalue weighted by Crippen LogP contribution is 2.27. The molecule has 0 aliphatic rings. The number of benzene rings is 1. The zero-order valence-electron chi connectivity index (χ0n) is 8.40. The second-order valence-corrected chi connectivity index (χ2v) is 4.94. The van der Waals surface area contributed by atoms with Gasteiger partial charge in [-0.1, -0.05) is 36.9 Å². The summed E-state index contributed by atoms with van der Waals surface area (Å²) in [5.74, 6) is 0. The maximum Gasteiger partial charge on any atom is 0.201 e. The second-order valence-electron chi connectivity index (χ2n) is 2.85. The molecule has 0 heterocycles. The van der Waals surface area contributed by atoms with E-state index in [0.29, 0.717) is 0 Å². The standard InChI is InChI=1S/C11H14OS2/c1-3-10(11(12)13-2)14-9-7-5-4-6-8-9/h4-8,10H,3H2,1-2H3. The Morgan fingerprint density at radius 3 is 2.50 bits per heavy atom. The summed E-state index contributed by atoms with van der Waals surface area (Å²) in [6.07, 6.45) is 2.73. The Labute approximate surface area is 93.7 Å². The zero-order chi connectivity index (χ0) is 10.4. The molecule has 0 N–H and O–H groups in total. The monoisotopic (exact) mass is 226 g/mol. The van der Waals surface area contributed by atoms with Gasteiger partial charge in [0, 0.05) is 4.90 Å². The van der Waals surface area contributed by atoms with Crippen LogP contribution in [0.5, 0.6) is 0 Å². The van der Waals surface area contributed by atoms with Gasteiger partial charge in [-0.2, -0.15) is 0 Å². The molecule has 14 heavy (non-hydrogen) atoms. The molecule has 0 radical (unpaired) electrons. The molecule has 1 nitrogen and oxygen atoms in total. The van der Waals surface area contributed by atoms with Gasteiger partial charge in [0.25, 0.3) is 0 Å². The van der Waals surface area contributed by atoms with E-state index in [1.54, 1.807) is 11.8 Å². The SMILES string of the molecule is CCC(Sc1ccccc1)C(=O)SC. The van der Waals surface area contributed by atoms with Crippen LogP contribution in [0.2, 0.25) is 0 Å². The third-order valence-electron chi connectivity index (χ3n) is 1.86. The van der Waals surface area contributed by atoms with Gasteiger partial charge in [-0.15, -0.1) is 11.8 Å². The Morgan fingerprint density at radius 1 is 1.36 bits per heavy atom. The van der Waals surface area contributed by atoms with Crippen molar-refractivity contribution in [2.75, 3.05) is 6.26 Å². The van der Waals surface area contributed by atoms with Crippen LogP contribution in [-0.4, -0.2) is 16.6 Å². The molecular formula is C11H14OS2. The zero-order valence-corrected chi connectivity index (χ0v) is 10.0. The van der Waals surface area contributed by atoms with Gasteiger partial charge >= 0.3 is 0 Å². The molecule has 76 valence electrons. The average molecular weight is 226 g/mol. The van der Waals surface area contributed by atoms with Crippen LogP contribution in [-0.2, 0) is 4.79 Å². The third-order valence-corrected chi connectivity index (χ3v) is 4.07. The van der Waals surface area contributed by atoms with Gasteiger partial charge in [0.2, 0.25) is 5.12 Å². The molecule has 1 rings (SSSR count). The summed E-state index contributed by atoms with van der Waals surface area (Å²) in [5.41, 5.74) is 0. The Kier molecular flexibility index (Phi) is 5.12. The lowest BCUT2D eigenvalue weighted by molar-refractivity contribution is -0.110. The van der Waals surface area contributed by atoms with Gasteiger partial charge in [-0.25, -0.2) is 0 Å². The molecule has 1 aromatic carbocycles. The number of hydrogen-bond acceptors (Lipinski definition) is 3. The summed E-state index contributed by atoms with van der Waals surface area (Å²) in [6.45, 7) is 2.05. The van der Waals surface area contributed by atoms with E-state index in [-0.39, 0.29) is 10.4 Å². The van der Waals surface area contributed by atoms with Gasteiger partial charge in [0.15, 0.2) is 0 Å². The first kappa shape index (κ1) is 11.7. The molecule has 1 atom stereocenters. The fraction of sp³-hybridized carbons (Fsp3) is 0.364. The minimum absolute atomic E-state index is 0.0902. The van der Waals surface area contributed by atoms with Gasteiger partial charge in [-0.3, -0.25) is 4.79 Å². The average Bonchev–Trinajstić information content (AvgIpc) is 2.26. The number of carbonyl (C=O) groups is 1. The summed E-state index contributed by atoms with van der Waals surface area (Å²) in [4.78, 5) is 12.7. The normalized spacial score (nSPS) is 12.4. The summed E-state index contributed by atoms with van der Waals surface area (Å²) < 4.78 is 0. The molecule has 0 aliphatic heterocycles. The van der Waals surface area contributed by atoms with Gasteiger partial charge < -0.3 is 0 Å². The molecule has 0 saturated heterocycles. The summed E-state index contributed by atoms with van der Waals surface area (Å²) in [6, 6.07) is 10.1. The quantitative estimate of drug-likeness (QED) is 0.732. The van der Waals surface area contributed by atoms with Crippen molar-refractivity contribution in [2.45, 2.75) is 23.5 Å². The maximum absolute atomic E-state index is 11.5. The number of carbonyl (C=O) groups excluding carboxylic acids is 1. The van der Waals surface area contributed by atoms with Crippen LogP contribution in [0.25, 0.3) is 0 Å². The molecule has 1 aromatic rings. The summed E-state index contributed by atoms with van der Waals surface area (Å²) in [7, 11) is 0. The number of hydrogen-bond donors (Lipinski definition) is 0. The molecule has 0 bridgehead atoms. The lowest BCUT2D eigenvalue weighted by Gasteiger charge is -2.11. The van der Waals surface area contributed by atoms with E-state index in [9.17, 15) is 4.79 Å². The molecule has 0 fully saturated rings. The van der Waals surface area contributed by atoms with Crippen LogP contribution in [0, 0.1) is 0 Å². The fourth-order valence-corrected chi connectivity index (χ4v) is 2.86. The Hall–Kier alpha value is -0.410. The maximum atomic E-state index is 11.5. The summed E-state index contributed by atoms with van der Waals surface area (Å²) >= 11 is 2.97. The van der Waals surface area contributed by atoms with E-state index in [0.717, 1.165) is 6.42 Å². The van der Waals surface area contributed by atoms with Gasteiger partial charge in [0.1, 0.15) is 0 Å². The van der Waals surface area contributed by atoms with E-state index in [2.05, 4.69) is 6.92 Å². The molecule has 0 amide bonds. The van der Waals surface area contributed by atoms with Crippen molar-refractivity contribution in [2.24, 2.45) is 0 Å². The molecule has 1 unspecified atom stereocenters. The smallest absolute Gasteiger partial charge is 0.201 e. The minimum atomic E-state index is 0.0902. The molecule has 0 saturated carbocycles. The van der Waals surface area contributed by atoms with Crippen LogP contribution in [0.4, 0.5) is 0 Å². The number of thioether (sulfide) groups is 2. The van der Waals surface area contributed by atoms with Crippen molar-refractivity contribution >= 4 is 28.6 Å². The van der Waals surface area contributed by atoms with Crippen molar-refractivity contribution < 1.29 is 4.79 Å². The van der Waals surface area contributed by atoms with E-state index in [4.69, 9.17) is 0 Å². The van der Waals surface area contributed by atoms with E-state index in [1.807, 2.05) is 36.6 Å². The Bertz CT molecular complexity index is 285. The molecule has 0 aliphatic carbocycles. The molecule has 0 aromatic heterocycles. The van der Waals surface area contributed by atoms with Crippen LogP contribution in [0.1, 0.15) is 13.3 Å². The van der Waals surface area contributed by atoms with E-state index < -0.39 is 0 Å². The lowest BCUT2D eigenvalue weighted by atomic mass is 10.3. The van der Waals surface area contributed by atoms with Crippen LogP contribution < -0.4 is 0 Å². The van der Waals surface area contributed by atoms with Gasteiger partial charge in [0.05, 0.1) is 5.25 Å². The van der Waals surface area contributed by atoms with Crippen molar-refractivity contribution in [3.8, 4) is 0 Å². The van der Waals surface area contributed by atoms with Gasteiger partial charge in [-0.05, 0) is 24.8 Å². The van der Waals surface area contributed by atoms with Crippen LogP contribution in [0.3, 0.4) is 0 Å². The predicted octanol–water partition coefficient (Wildman–Crippen LogP) is 3.45. The Morgan fingerprint density at radius 2 is 2.00 bits per heavy atom. The minimum Gasteiger partial charge on any atom is -0.286 e. The van der Waals surface area contributed by atoms with Crippen LogP contribution >= 0.6 is 23.5 Å². The van der Waals surface area contributed by atoms with Crippen molar-refractivity contribution in [3.63, 3.8) is 0 Å². The topological polar surface area (TPSA) is 17.1 Å². The van der Waals surface area contributed by atoms with Crippen molar-refractivity contribution in [1.29, 1.82) is 0 Å². The first-order chi connectivity index (χ1) is 6.77. The van der Waals surface area contributed by atoms with Crippen molar-refractivity contribution in [1.82, 2.24) is 0 Å². The summed E-state index contributed by atoms with van der Waals surface area (Å²) in [5, 5.41) is 0.355. The predicted molar refractivity (Wildman–Crippen MR) is 64.9 cm³/mol. The Balaban J connectivity index is 2.62. The first-order valence-electron chi connectivity index (χ1n) is 4.57. The largest absolute Gasteiger partial charge is 0.286 e. The molecule has 0 spiro atoms.